The first kappa shape index (κ1) is 26.1. The van der Waals surface area contributed by atoms with E-state index in [0.717, 1.165) is 12.8 Å². The van der Waals surface area contributed by atoms with Gasteiger partial charge >= 0.3 is 13.8 Å². The molecule has 4 rings (SSSR count). The smallest absolute Gasteiger partial charge is 0.435 e. The van der Waals surface area contributed by atoms with Crippen LogP contribution < -0.4 is 5.32 Å². The summed E-state index contributed by atoms with van der Waals surface area (Å²) in [5.74, 6) is 0.620. The molecule has 194 valence electrons. The summed E-state index contributed by atoms with van der Waals surface area (Å²) in [6, 6.07) is 0.349. The van der Waals surface area contributed by atoms with Gasteiger partial charge in [-0.1, -0.05) is 12.8 Å². The molecule has 2 N–H and O–H groups in total. The number of hydrogen-bond donors (Lipinski definition) is 2. The molecule has 0 spiro atoms. The standard InChI is InChI=1S/C20H29ClN5O8P/c1-2-31-20(27)32-11-33-35(28,29)12-30-9-14-7-8-15(34-14)26-10-22-16-17(23-13-5-3-4-6-13)24-19(21)25-18(16)26/h10,13-15H,2-9,11-12H2,1H3,(H,28,29)(H,23,24,25). The summed E-state index contributed by atoms with van der Waals surface area (Å²) in [7, 11) is -4.11. The zero-order valence-electron chi connectivity index (χ0n) is 19.3. The molecule has 2 fully saturated rings. The minimum absolute atomic E-state index is 0.0833. The molecular weight excluding hydrogens is 505 g/mol. The zero-order chi connectivity index (χ0) is 24.8. The van der Waals surface area contributed by atoms with Gasteiger partial charge in [-0.2, -0.15) is 9.97 Å². The van der Waals surface area contributed by atoms with E-state index in [4.69, 9.17) is 21.1 Å². The van der Waals surface area contributed by atoms with E-state index in [-0.39, 0.29) is 30.8 Å². The number of fused-ring (bicyclic) bond motifs is 1. The van der Waals surface area contributed by atoms with Crippen LogP contribution in [0, 0.1) is 0 Å². The van der Waals surface area contributed by atoms with Crippen LogP contribution in [-0.4, -0.2) is 69.1 Å². The third-order valence-electron chi connectivity index (χ3n) is 5.74. The van der Waals surface area contributed by atoms with E-state index in [9.17, 15) is 14.3 Å². The lowest BCUT2D eigenvalue weighted by Gasteiger charge is -2.17. The van der Waals surface area contributed by atoms with Crippen LogP contribution in [0.4, 0.5) is 10.6 Å². The molecule has 13 nitrogen and oxygen atoms in total. The Morgan fingerprint density at radius 2 is 2.09 bits per heavy atom. The molecule has 15 heteroatoms. The van der Waals surface area contributed by atoms with Crippen molar-refractivity contribution < 1.29 is 37.7 Å². The maximum Gasteiger partial charge on any atom is 0.510 e. The number of anilines is 1. The Bertz CT molecular complexity index is 1070. The van der Waals surface area contributed by atoms with Crippen LogP contribution in [0.5, 0.6) is 0 Å². The van der Waals surface area contributed by atoms with Crippen LogP contribution in [0.2, 0.25) is 5.28 Å². The van der Waals surface area contributed by atoms with Gasteiger partial charge in [-0.05, 0) is 44.2 Å². The first-order valence-electron chi connectivity index (χ1n) is 11.5. The molecule has 3 atom stereocenters. The summed E-state index contributed by atoms with van der Waals surface area (Å²) in [4.78, 5) is 34.1. The van der Waals surface area contributed by atoms with Gasteiger partial charge in [0.05, 0.1) is 25.6 Å². The fourth-order valence-electron chi connectivity index (χ4n) is 4.13. The first-order chi connectivity index (χ1) is 16.8. The quantitative estimate of drug-likeness (QED) is 0.186. The minimum atomic E-state index is -4.11. The number of halogens is 1. The highest BCUT2D eigenvalue weighted by Crippen LogP contribution is 2.42. The third kappa shape index (κ3) is 7.02. The highest BCUT2D eigenvalue weighted by molar-refractivity contribution is 7.52. The molecular formula is C20H29ClN5O8P. The maximum atomic E-state index is 12.0. The van der Waals surface area contributed by atoms with Crippen molar-refractivity contribution in [3.63, 3.8) is 0 Å². The van der Waals surface area contributed by atoms with Crippen LogP contribution in [0.1, 0.15) is 51.7 Å². The molecule has 3 heterocycles. The summed E-state index contributed by atoms with van der Waals surface area (Å²) in [5.41, 5.74) is 1.21. The van der Waals surface area contributed by atoms with E-state index in [0.29, 0.717) is 35.9 Å². The number of ether oxygens (including phenoxy) is 4. The molecule has 1 aliphatic heterocycles. The van der Waals surface area contributed by atoms with Gasteiger partial charge in [-0.3, -0.25) is 13.7 Å². The Morgan fingerprint density at radius 1 is 1.29 bits per heavy atom. The van der Waals surface area contributed by atoms with Crippen LogP contribution in [-0.2, 0) is 28.0 Å². The van der Waals surface area contributed by atoms with E-state index in [2.05, 4.69) is 34.3 Å². The number of nitrogens with zero attached hydrogens (tertiary/aromatic N) is 4. The van der Waals surface area contributed by atoms with Crippen LogP contribution in [0.3, 0.4) is 0 Å². The van der Waals surface area contributed by atoms with Gasteiger partial charge in [-0.15, -0.1) is 0 Å². The summed E-state index contributed by atoms with van der Waals surface area (Å²) >= 11 is 6.19. The number of carbonyl (C=O) groups excluding carboxylic acids is 1. The predicted octanol–water partition coefficient (Wildman–Crippen LogP) is 3.82. The molecule has 1 aliphatic carbocycles. The minimum Gasteiger partial charge on any atom is -0.435 e. The molecule has 2 aromatic rings. The predicted molar refractivity (Wildman–Crippen MR) is 124 cm³/mol. The molecule has 0 bridgehead atoms. The number of hydrogen-bond acceptors (Lipinski definition) is 11. The van der Waals surface area contributed by atoms with Crippen molar-refractivity contribution in [2.45, 2.75) is 63.8 Å². The third-order valence-corrected chi connectivity index (χ3v) is 6.92. The van der Waals surface area contributed by atoms with Gasteiger partial charge in [0.2, 0.25) is 12.1 Å². The highest BCUT2D eigenvalue weighted by Gasteiger charge is 2.30. The summed E-state index contributed by atoms with van der Waals surface area (Å²) in [5, 5.41) is 3.57. The van der Waals surface area contributed by atoms with Crippen LogP contribution >= 0.6 is 19.2 Å². The van der Waals surface area contributed by atoms with Crippen LogP contribution in [0.15, 0.2) is 6.33 Å². The van der Waals surface area contributed by atoms with Gasteiger partial charge < -0.3 is 29.2 Å². The fraction of sp³-hybridized carbons (Fsp3) is 0.700. The topological polar surface area (TPSA) is 156 Å². The number of carbonyl (C=O) groups is 1. The van der Waals surface area contributed by atoms with Crippen molar-refractivity contribution in [2.75, 3.05) is 31.7 Å². The summed E-state index contributed by atoms with van der Waals surface area (Å²) in [6.07, 6.45) is 5.34. The number of rotatable bonds is 11. The van der Waals surface area contributed by atoms with Crippen LogP contribution in [0.25, 0.3) is 11.2 Å². The molecule has 0 radical (unpaired) electrons. The van der Waals surface area contributed by atoms with Gasteiger partial charge in [0.25, 0.3) is 0 Å². The lowest BCUT2D eigenvalue weighted by Crippen LogP contribution is -2.18. The average molecular weight is 534 g/mol. The maximum absolute atomic E-state index is 12.0. The van der Waals surface area contributed by atoms with Crippen molar-refractivity contribution in [3.8, 4) is 0 Å². The molecule has 0 aromatic carbocycles. The SMILES string of the molecule is CCOC(=O)OCOP(=O)(O)COCC1CCC(n2cnc3c(NC4CCCC4)nc(Cl)nc32)O1. The Kier molecular flexibility index (Phi) is 8.79. The molecule has 1 saturated heterocycles. The lowest BCUT2D eigenvalue weighted by atomic mass is 10.2. The largest absolute Gasteiger partial charge is 0.510 e. The number of aromatic nitrogens is 4. The van der Waals surface area contributed by atoms with E-state index in [1.807, 2.05) is 4.57 Å². The Hall–Kier alpha value is -2.02. The van der Waals surface area contributed by atoms with E-state index >= 15 is 0 Å². The van der Waals surface area contributed by atoms with Crippen molar-refractivity contribution in [2.24, 2.45) is 0 Å². The second-order valence-electron chi connectivity index (χ2n) is 8.29. The van der Waals surface area contributed by atoms with Gasteiger partial charge in [0.15, 0.2) is 17.0 Å². The van der Waals surface area contributed by atoms with Crippen molar-refractivity contribution >= 4 is 42.3 Å². The molecule has 35 heavy (non-hydrogen) atoms. The van der Waals surface area contributed by atoms with Crippen molar-refractivity contribution in [1.82, 2.24) is 19.5 Å². The number of imidazole rings is 1. The lowest BCUT2D eigenvalue weighted by molar-refractivity contribution is -0.0370. The average Bonchev–Trinajstić information content (AvgIpc) is 3.54. The normalized spacial score (nSPS) is 22.4. The summed E-state index contributed by atoms with van der Waals surface area (Å²) < 4.78 is 38.9. The molecule has 1 saturated carbocycles. The van der Waals surface area contributed by atoms with Gasteiger partial charge in [-0.25, -0.2) is 9.78 Å². The zero-order valence-corrected chi connectivity index (χ0v) is 20.9. The van der Waals surface area contributed by atoms with Crippen molar-refractivity contribution in [3.05, 3.63) is 11.6 Å². The highest BCUT2D eigenvalue weighted by atomic mass is 35.5. The monoisotopic (exact) mass is 533 g/mol. The second-order valence-corrected chi connectivity index (χ2v) is 10.4. The molecule has 2 aliphatic rings. The fourth-order valence-corrected chi connectivity index (χ4v) is 4.92. The van der Waals surface area contributed by atoms with E-state index < -0.39 is 26.9 Å². The van der Waals surface area contributed by atoms with Gasteiger partial charge in [0, 0.05) is 6.04 Å². The summed E-state index contributed by atoms with van der Waals surface area (Å²) in [6.45, 7) is 1.09. The molecule has 2 aromatic heterocycles. The number of nitrogens with one attached hydrogen (secondary N) is 1. The molecule has 3 unspecified atom stereocenters. The Labute approximate surface area is 206 Å². The Morgan fingerprint density at radius 3 is 2.86 bits per heavy atom. The van der Waals surface area contributed by atoms with Crippen molar-refractivity contribution in [1.29, 1.82) is 0 Å². The van der Waals surface area contributed by atoms with E-state index in [1.54, 1.807) is 13.3 Å². The first-order valence-corrected chi connectivity index (χ1v) is 13.6. The van der Waals surface area contributed by atoms with Gasteiger partial charge in [0.1, 0.15) is 12.6 Å². The second kappa shape index (κ2) is 11.8. The molecule has 0 amide bonds. The van der Waals surface area contributed by atoms with E-state index in [1.165, 1.54) is 12.8 Å². The Balaban J connectivity index is 1.28.